The van der Waals surface area contributed by atoms with Crippen LogP contribution in [0.5, 0.6) is 0 Å². The van der Waals surface area contributed by atoms with E-state index in [1.807, 2.05) is 42.6 Å². The Labute approximate surface area is 102 Å². The van der Waals surface area contributed by atoms with Gasteiger partial charge in [0.2, 0.25) is 5.78 Å². The molecule has 0 bridgehead atoms. The molecule has 2 aromatic rings. The Morgan fingerprint density at radius 3 is 2.53 bits per heavy atom. The van der Waals surface area contributed by atoms with Gasteiger partial charge in [-0.05, 0) is 24.0 Å². The monoisotopic (exact) mass is 227 g/mol. The van der Waals surface area contributed by atoms with Crippen molar-refractivity contribution in [3.63, 3.8) is 0 Å². The number of rotatable bonds is 4. The molecular formula is C15H17NO. The fourth-order valence-electron chi connectivity index (χ4n) is 1.96. The molecular weight excluding hydrogens is 210 g/mol. The molecule has 0 spiro atoms. The Bertz CT molecular complexity index is 497. The number of hydrogen-bond acceptors (Lipinski definition) is 1. The van der Waals surface area contributed by atoms with E-state index in [-0.39, 0.29) is 5.78 Å². The maximum Gasteiger partial charge on any atom is 0.209 e. The van der Waals surface area contributed by atoms with Crippen LogP contribution in [0.25, 0.3) is 0 Å². The van der Waals surface area contributed by atoms with Crippen molar-refractivity contribution in [2.75, 3.05) is 0 Å². The van der Waals surface area contributed by atoms with E-state index in [4.69, 9.17) is 0 Å². The molecule has 88 valence electrons. The second-order valence-corrected chi connectivity index (χ2v) is 4.67. The average molecular weight is 227 g/mol. The number of aromatic nitrogens is 1. The largest absolute Gasteiger partial charge is 0.358 e. The summed E-state index contributed by atoms with van der Waals surface area (Å²) in [5.41, 5.74) is 2.57. The minimum Gasteiger partial charge on any atom is -0.358 e. The standard InChI is InChI=1S/C15H17NO/c1-11(2)10-13-8-9-16-14(13)15(17)12-6-4-3-5-7-12/h3-9,11,16H,10H2,1-2H3. The molecule has 0 unspecified atom stereocenters. The van der Waals surface area contributed by atoms with E-state index in [0.29, 0.717) is 5.92 Å². The van der Waals surface area contributed by atoms with Crippen LogP contribution in [0.1, 0.15) is 35.5 Å². The molecule has 17 heavy (non-hydrogen) atoms. The summed E-state index contributed by atoms with van der Waals surface area (Å²) in [4.78, 5) is 15.3. The molecule has 0 aliphatic carbocycles. The van der Waals surface area contributed by atoms with Gasteiger partial charge in [0, 0.05) is 11.8 Å². The Morgan fingerprint density at radius 2 is 1.88 bits per heavy atom. The lowest BCUT2D eigenvalue weighted by atomic mass is 9.99. The highest BCUT2D eigenvalue weighted by Gasteiger charge is 2.14. The van der Waals surface area contributed by atoms with Crippen molar-refractivity contribution in [1.82, 2.24) is 4.98 Å². The first-order valence-corrected chi connectivity index (χ1v) is 5.94. The summed E-state index contributed by atoms with van der Waals surface area (Å²) in [6, 6.07) is 11.4. The summed E-state index contributed by atoms with van der Waals surface area (Å²) in [7, 11) is 0. The number of ketones is 1. The van der Waals surface area contributed by atoms with Crippen molar-refractivity contribution in [1.29, 1.82) is 0 Å². The lowest BCUT2D eigenvalue weighted by Crippen LogP contribution is -2.06. The van der Waals surface area contributed by atoms with Crippen LogP contribution in [-0.2, 0) is 6.42 Å². The van der Waals surface area contributed by atoms with Gasteiger partial charge in [-0.3, -0.25) is 4.79 Å². The van der Waals surface area contributed by atoms with Crippen LogP contribution in [0.3, 0.4) is 0 Å². The molecule has 1 N–H and O–H groups in total. The second kappa shape index (κ2) is 5.00. The predicted octanol–water partition coefficient (Wildman–Crippen LogP) is 3.44. The number of hydrogen-bond donors (Lipinski definition) is 1. The van der Waals surface area contributed by atoms with Crippen molar-refractivity contribution < 1.29 is 4.79 Å². The van der Waals surface area contributed by atoms with Crippen LogP contribution in [0, 0.1) is 5.92 Å². The van der Waals surface area contributed by atoms with Gasteiger partial charge in [-0.15, -0.1) is 0 Å². The fraction of sp³-hybridized carbons (Fsp3) is 0.267. The molecule has 1 aromatic carbocycles. The summed E-state index contributed by atoms with van der Waals surface area (Å²) in [5.74, 6) is 0.624. The summed E-state index contributed by atoms with van der Waals surface area (Å²) in [6.07, 6.45) is 2.77. The third-order valence-electron chi connectivity index (χ3n) is 2.72. The molecule has 0 amide bonds. The number of benzene rings is 1. The zero-order valence-corrected chi connectivity index (χ0v) is 10.2. The normalized spacial score (nSPS) is 10.8. The van der Waals surface area contributed by atoms with Crippen LogP contribution >= 0.6 is 0 Å². The van der Waals surface area contributed by atoms with E-state index < -0.39 is 0 Å². The molecule has 2 heteroatoms. The Kier molecular flexibility index (Phi) is 3.43. The van der Waals surface area contributed by atoms with Gasteiger partial charge in [0.05, 0.1) is 5.69 Å². The summed E-state index contributed by atoms with van der Waals surface area (Å²) in [5, 5.41) is 0. The first kappa shape index (κ1) is 11.6. The SMILES string of the molecule is CC(C)Cc1cc[nH]c1C(=O)c1ccccc1. The van der Waals surface area contributed by atoms with Crippen LogP contribution in [0.2, 0.25) is 0 Å². The fourth-order valence-corrected chi connectivity index (χ4v) is 1.96. The van der Waals surface area contributed by atoms with E-state index >= 15 is 0 Å². The third-order valence-corrected chi connectivity index (χ3v) is 2.72. The number of H-pyrrole nitrogens is 1. The van der Waals surface area contributed by atoms with E-state index in [9.17, 15) is 4.79 Å². The highest BCUT2D eigenvalue weighted by molar-refractivity contribution is 6.08. The van der Waals surface area contributed by atoms with Gasteiger partial charge in [0.1, 0.15) is 0 Å². The van der Waals surface area contributed by atoms with Crippen LogP contribution in [0.15, 0.2) is 42.6 Å². The van der Waals surface area contributed by atoms with Gasteiger partial charge < -0.3 is 4.98 Å². The highest BCUT2D eigenvalue weighted by Crippen LogP contribution is 2.16. The Morgan fingerprint density at radius 1 is 1.18 bits per heavy atom. The van der Waals surface area contributed by atoms with Crippen molar-refractivity contribution >= 4 is 5.78 Å². The summed E-state index contributed by atoms with van der Waals surface area (Å²) in [6.45, 7) is 4.31. The second-order valence-electron chi connectivity index (χ2n) is 4.67. The third kappa shape index (κ3) is 2.64. The molecule has 0 atom stereocenters. The first-order valence-electron chi connectivity index (χ1n) is 5.94. The van der Waals surface area contributed by atoms with Crippen LogP contribution < -0.4 is 0 Å². The quantitative estimate of drug-likeness (QED) is 0.797. The zero-order chi connectivity index (χ0) is 12.3. The van der Waals surface area contributed by atoms with Gasteiger partial charge in [0.25, 0.3) is 0 Å². The highest BCUT2D eigenvalue weighted by atomic mass is 16.1. The number of carbonyl (C=O) groups excluding carboxylic acids is 1. The maximum atomic E-state index is 12.3. The number of aromatic amines is 1. The van der Waals surface area contributed by atoms with Gasteiger partial charge >= 0.3 is 0 Å². The van der Waals surface area contributed by atoms with Gasteiger partial charge in [-0.25, -0.2) is 0 Å². The van der Waals surface area contributed by atoms with E-state index in [1.54, 1.807) is 0 Å². The van der Waals surface area contributed by atoms with Crippen molar-refractivity contribution in [2.24, 2.45) is 5.92 Å². The van der Waals surface area contributed by atoms with Gasteiger partial charge in [0.15, 0.2) is 0 Å². The molecule has 1 heterocycles. The van der Waals surface area contributed by atoms with Crippen molar-refractivity contribution in [3.8, 4) is 0 Å². The molecule has 2 rings (SSSR count). The molecule has 0 aliphatic heterocycles. The number of carbonyl (C=O) groups is 1. The van der Waals surface area contributed by atoms with E-state index in [0.717, 1.165) is 23.2 Å². The van der Waals surface area contributed by atoms with E-state index in [2.05, 4.69) is 18.8 Å². The predicted molar refractivity (Wildman–Crippen MR) is 69.2 cm³/mol. The lowest BCUT2D eigenvalue weighted by molar-refractivity contribution is 0.103. The van der Waals surface area contributed by atoms with Gasteiger partial charge in [-0.2, -0.15) is 0 Å². The Balaban J connectivity index is 2.29. The van der Waals surface area contributed by atoms with Crippen molar-refractivity contribution in [3.05, 3.63) is 59.4 Å². The molecule has 0 saturated carbocycles. The average Bonchev–Trinajstić information content (AvgIpc) is 2.76. The van der Waals surface area contributed by atoms with Gasteiger partial charge in [-0.1, -0.05) is 44.2 Å². The molecule has 0 radical (unpaired) electrons. The summed E-state index contributed by atoms with van der Waals surface area (Å²) < 4.78 is 0. The lowest BCUT2D eigenvalue weighted by Gasteiger charge is -2.06. The first-order chi connectivity index (χ1) is 8.18. The maximum absolute atomic E-state index is 12.3. The summed E-state index contributed by atoms with van der Waals surface area (Å²) >= 11 is 0. The minimum atomic E-state index is 0.0752. The van der Waals surface area contributed by atoms with Crippen molar-refractivity contribution in [2.45, 2.75) is 20.3 Å². The van der Waals surface area contributed by atoms with E-state index in [1.165, 1.54) is 0 Å². The molecule has 1 aromatic heterocycles. The van der Waals surface area contributed by atoms with Crippen LogP contribution in [0.4, 0.5) is 0 Å². The van der Waals surface area contributed by atoms with Crippen LogP contribution in [-0.4, -0.2) is 10.8 Å². The number of nitrogens with one attached hydrogen (secondary N) is 1. The smallest absolute Gasteiger partial charge is 0.209 e. The minimum absolute atomic E-state index is 0.0752. The zero-order valence-electron chi connectivity index (χ0n) is 10.2. The molecule has 2 nitrogen and oxygen atoms in total. The molecule has 0 saturated heterocycles. The molecule has 0 fully saturated rings. The topological polar surface area (TPSA) is 32.9 Å². The molecule has 0 aliphatic rings. The Hall–Kier alpha value is -1.83.